The van der Waals surface area contributed by atoms with E-state index < -0.39 is 17.3 Å². The van der Waals surface area contributed by atoms with Gasteiger partial charge in [-0.05, 0) is 12.1 Å². The molecule has 1 aromatic heterocycles. The van der Waals surface area contributed by atoms with Gasteiger partial charge in [-0.25, -0.2) is 0 Å². The highest BCUT2D eigenvalue weighted by molar-refractivity contribution is 5.58. The van der Waals surface area contributed by atoms with E-state index in [4.69, 9.17) is 0 Å². The quantitative estimate of drug-likeness (QED) is 0.861. The Bertz CT molecular complexity index is 608. The van der Waals surface area contributed by atoms with Crippen molar-refractivity contribution >= 4 is 11.6 Å². The molecule has 0 fully saturated rings. The zero-order valence-electron chi connectivity index (χ0n) is 8.82. The van der Waals surface area contributed by atoms with Gasteiger partial charge in [0.2, 0.25) is 5.95 Å². The maximum absolute atomic E-state index is 12.7. The molecule has 0 unspecified atom stereocenters. The minimum Gasteiger partial charge on any atom is -0.324 e. The van der Waals surface area contributed by atoms with E-state index >= 15 is 0 Å². The molecule has 0 atom stereocenters. The van der Waals surface area contributed by atoms with Crippen molar-refractivity contribution in [1.82, 2.24) is 15.2 Å². The van der Waals surface area contributed by atoms with Crippen molar-refractivity contribution in [3.05, 3.63) is 46.4 Å². The predicted molar refractivity (Wildman–Crippen MR) is 57.4 cm³/mol. The summed E-state index contributed by atoms with van der Waals surface area (Å²) >= 11 is 0. The predicted octanol–water partition coefficient (Wildman–Crippen LogP) is 1.93. The van der Waals surface area contributed by atoms with Crippen molar-refractivity contribution in [2.45, 2.75) is 6.18 Å². The summed E-state index contributed by atoms with van der Waals surface area (Å²) in [5, 5.41) is 9.18. The molecule has 0 aliphatic heterocycles. The number of aromatic amines is 1. The van der Waals surface area contributed by atoms with Crippen LogP contribution in [0.15, 0.2) is 35.3 Å². The molecule has 94 valence electrons. The number of hydrogen-bond acceptors (Lipinski definition) is 4. The lowest BCUT2D eigenvalue weighted by Crippen LogP contribution is -2.13. The van der Waals surface area contributed by atoms with Crippen molar-refractivity contribution in [2.75, 3.05) is 5.32 Å². The van der Waals surface area contributed by atoms with Crippen molar-refractivity contribution in [2.24, 2.45) is 0 Å². The summed E-state index contributed by atoms with van der Waals surface area (Å²) in [6.07, 6.45) is -3.58. The Balaban J connectivity index is 2.38. The molecule has 8 heteroatoms. The summed E-state index contributed by atoms with van der Waals surface area (Å²) in [6, 6.07) is 4.87. The Morgan fingerprint density at radius 2 is 1.94 bits per heavy atom. The van der Waals surface area contributed by atoms with Crippen LogP contribution in [-0.4, -0.2) is 15.2 Å². The second-order valence-electron chi connectivity index (χ2n) is 3.35. The van der Waals surface area contributed by atoms with Crippen LogP contribution < -0.4 is 10.9 Å². The number of H-pyrrole nitrogens is 1. The van der Waals surface area contributed by atoms with Crippen LogP contribution in [0.3, 0.4) is 0 Å². The van der Waals surface area contributed by atoms with Gasteiger partial charge >= 0.3 is 6.18 Å². The number of hydrogen-bond donors (Lipinski definition) is 2. The number of nitrogens with one attached hydrogen (secondary N) is 2. The summed E-state index contributed by atoms with van der Waals surface area (Å²) in [5.41, 5.74) is -1.62. The number of anilines is 2. The summed E-state index contributed by atoms with van der Waals surface area (Å²) in [5.74, 6) is -0.154. The van der Waals surface area contributed by atoms with Gasteiger partial charge < -0.3 is 5.32 Å². The summed E-state index contributed by atoms with van der Waals surface area (Å²) in [6.45, 7) is 0. The SMILES string of the molecule is O=c1cnnc(Nc2ccccc2C(F)(F)F)[nH]1. The Kier molecular flexibility index (Phi) is 3.00. The highest BCUT2D eigenvalue weighted by atomic mass is 19.4. The minimum absolute atomic E-state index is 0.154. The van der Waals surface area contributed by atoms with E-state index in [0.717, 1.165) is 12.3 Å². The molecule has 2 N–H and O–H groups in total. The van der Waals surface area contributed by atoms with Crippen LogP contribution in [0.1, 0.15) is 5.56 Å². The molecule has 5 nitrogen and oxygen atoms in total. The molecule has 18 heavy (non-hydrogen) atoms. The van der Waals surface area contributed by atoms with Crippen LogP contribution in [0.2, 0.25) is 0 Å². The fourth-order valence-corrected chi connectivity index (χ4v) is 1.34. The van der Waals surface area contributed by atoms with Crippen molar-refractivity contribution < 1.29 is 13.2 Å². The highest BCUT2D eigenvalue weighted by Gasteiger charge is 2.33. The van der Waals surface area contributed by atoms with Gasteiger partial charge in [0.15, 0.2) is 0 Å². The van der Waals surface area contributed by atoms with Crippen molar-refractivity contribution in [1.29, 1.82) is 0 Å². The van der Waals surface area contributed by atoms with E-state index in [1.807, 2.05) is 0 Å². The standard InChI is InChI=1S/C10H7F3N4O/c11-10(12,13)6-3-1-2-4-7(6)15-9-16-8(18)5-14-17-9/h1-5H,(H2,15,16,17,18). The largest absolute Gasteiger partial charge is 0.418 e. The molecule has 2 aromatic rings. The topological polar surface area (TPSA) is 70.7 Å². The van der Waals surface area contributed by atoms with Gasteiger partial charge in [-0.3, -0.25) is 9.78 Å². The van der Waals surface area contributed by atoms with E-state index in [1.165, 1.54) is 18.2 Å². The summed E-state index contributed by atoms with van der Waals surface area (Å²) in [7, 11) is 0. The molecule has 0 amide bonds. The third kappa shape index (κ3) is 2.65. The van der Waals surface area contributed by atoms with Gasteiger partial charge in [0.25, 0.3) is 5.56 Å². The monoisotopic (exact) mass is 256 g/mol. The minimum atomic E-state index is -4.49. The molecule has 1 heterocycles. The second-order valence-corrected chi connectivity index (χ2v) is 3.35. The summed E-state index contributed by atoms with van der Waals surface area (Å²) in [4.78, 5) is 13.2. The van der Waals surface area contributed by atoms with Crippen LogP contribution >= 0.6 is 0 Å². The highest BCUT2D eigenvalue weighted by Crippen LogP contribution is 2.35. The van der Waals surface area contributed by atoms with Gasteiger partial charge in [0.05, 0.1) is 11.3 Å². The number of rotatable bonds is 2. The average Bonchev–Trinajstić information content (AvgIpc) is 2.28. The summed E-state index contributed by atoms with van der Waals surface area (Å²) < 4.78 is 38.0. The van der Waals surface area contributed by atoms with Crippen LogP contribution in [-0.2, 0) is 6.18 Å². The van der Waals surface area contributed by atoms with Crippen LogP contribution in [0.25, 0.3) is 0 Å². The van der Waals surface area contributed by atoms with Gasteiger partial charge in [-0.2, -0.15) is 13.2 Å². The lowest BCUT2D eigenvalue weighted by atomic mass is 10.1. The van der Waals surface area contributed by atoms with Crippen molar-refractivity contribution in [3.63, 3.8) is 0 Å². The lowest BCUT2D eigenvalue weighted by molar-refractivity contribution is -0.136. The van der Waals surface area contributed by atoms with E-state index in [0.29, 0.717) is 0 Å². The molecule has 0 radical (unpaired) electrons. The van der Waals surface area contributed by atoms with E-state index in [1.54, 1.807) is 0 Å². The maximum Gasteiger partial charge on any atom is 0.418 e. The fraction of sp³-hybridized carbons (Fsp3) is 0.100. The van der Waals surface area contributed by atoms with Crippen molar-refractivity contribution in [3.8, 4) is 0 Å². The zero-order chi connectivity index (χ0) is 13.2. The van der Waals surface area contributed by atoms with Crippen LogP contribution in [0.4, 0.5) is 24.8 Å². The number of benzene rings is 1. The maximum atomic E-state index is 12.7. The molecule has 0 aliphatic rings. The molecule has 0 aliphatic carbocycles. The Labute approximate surface area is 98.7 Å². The first kappa shape index (κ1) is 12.1. The number of nitrogens with zero attached hydrogens (tertiary/aromatic N) is 2. The molecule has 0 spiro atoms. The van der Waals surface area contributed by atoms with Crippen LogP contribution in [0, 0.1) is 0 Å². The molecule has 1 aromatic carbocycles. The molecule has 0 saturated carbocycles. The first-order valence-corrected chi connectivity index (χ1v) is 4.82. The van der Waals surface area contributed by atoms with Gasteiger partial charge in [0, 0.05) is 0 Å². The van der Waals surface area contributed by atoms with E-state index in [2.05, 4.69) is 20.5 Å². The smallest absolute Gasteiger partial charge is 0.324 e. The third-order valence-corrected chi connectivity index (χ3v) is 2.06. The molecule has 0 saturated heterocycles. The molecular weight excluding hydrogens is 249 g/mol. The number of aromatic nitrogens is 3. The van der Waals surface area contributed by atoms with Gasteiger partial charge in [0.1, 0.15) is 6.20 Å². The first-order chi connectivity index (χ1) is 8.47. The average molecular weight is 256 g/mol. The Morgan fingerprint density at radius 1 is 1.22 bits per heavy atom. The normalized spacial score (nSPS) is 11.3. The van der Waals surface area contributed by atoms with E-state index in [9.17, 15) is 18.0 Å². The van der Waals surface area contributed by atoms with Gasteiger partial charge in [-0.1, -0.05) is 12.1 Å². The van der Waals surface area contributed by atoms with E-state index in [-0.39, 0.29) is 11.6 Å². The third-order valence-electron chi connectivity index (χ3n) is 2.06. The van der Waals surface area contributed by atoms with Gasteiger partial charge in [-0.15, -0.1) is 10.2 Å². The number of para-hydroxylation sites is 1. The zero-order valence-corrected chi connectivity index (χ0v) is 8.82. The number of alkyl halides is 3. The molecule has 2 rings (SSSR count). The first-order valence-electron chi connectivity index (χ1n) is 4.82. The Morgan fingerprint density at radius 3 is 2.61 bits per heavy atom. The lowest BCUT2D eigenvalue weighted by Gasteiger charge is -2.12. The second kappa shape index (κ2) is 4.47. The number of halogens is 3. The van der Waals surface area contributed by atoms with Crippen LogP contribution in [0.5, 0.6) is 0 Å². The molecule has 0 bridgehead atoms. The molecular formula is C10H7F3N4O. The fourth-order valence-electron chi connectivity index (χ4n) is 1.34. The Hall–Kier alpha value is -2.38.